The lowest BCUT2D eigenvalue weighted by Gasteiger charge is -2.10. The van der Waals surface area contributed by atoms with E-state index in [1.54, 1.807) is 18.3 Å². The third-order valence-electron chi connectivity index (χ3n) is 3.28. The highest BCUT2D eigenvalue weighted by Crippen LogP contribution is 2.29. The van der Waals surface area contributed by atoms with E-state index in [9.17, 15) is 0 Å². The molecule has 21 heavy (non-hydrogen) atoms. The number of benzene rings is 1. The zero-order valence-electron chi connectivity index (χ0n) is 11.3. The molecule has 6 heteroatoms. The first-order valence-corrected chi connectivity index (χ1v) is 7.75. The molecule has 0 aliphatic heterocycles. The van der Waals surface area contributed by atoms with Gasteiger partial charge in [0, 0.05) is 23.5 Å². The van der Waals surface area contributed by atoms with Crippen LogP contribution in [0.3, 0.4) is 0 Å². The van der Waals surface area contributed by atoms with Crippen LogP contribution < -0.4 is 0 Å². The van der Waals surface area contributed by atoms with Crippen molar-refractivity contribution in [1.82, 2.24) is 14.5 Å². The zero-order valence-corrected chi connectivity index (χ0v) is 13.5. The van der Waals surface area contributed by atoms with E-state index in [4.69, 9.17) is 34.8 Å². The van der Waals surface area contributed by atoms with Crippen molar-refractivity contribution >= 4 is 46.0 Å². The maximum Gasteiger partial charge on any atom is 0.164 e. The Morgan fingerprint density at radius 3 is 2.76 bits per heavy atom. The lowest BCUT2D eigenvalue weighted by Crippen LogP contribution is -2.03. The molecular formula is C15H12Cl3N3. The molecule has 0 atom stereocenters. The molecule has 1 aromatic carbocycles. The highest BCUT2D eigenvalue weighted by molar-refractivity contribution is 6.34. The van der Waals surface area contributed by atoms with Gasteiger partial charge in [-0.2, -0.15) is 0 Å². The third-order valence-corrected chi connectivity index (χ3v) is 4.03. The van der Waals surface area contributed by atoms with E-state index in [2.05, 4.69) is 9.97 Å². The molecule has 2 aromatic heterocycles. The number of imidazole rings is 1. The molecule has 0 saturated heterocycles. The average molecular weight is 341 g/mol. The van der Waals surface area contributed by atoms with E-state index >= 15 is 0 Å². The molecule has 108 valence electrons. The van der Waals surface area contributed by atoms with Crippen molar-refractivity contribution in [3.8, 4) is 5.69 Å². The first-order chi connectivity index (χ1) is 10.1. The fourth-order valence-electron chi connectivity index (χ4n) is 2.30. The number of nitrogens with zero attached hydrogens (tertiary/aromatic N) is 3. The molecule has 3 rings (SSSR count). The second-order valence-corrected chi connectivity index (χ2v) is 5.92. The van der Waals surface area contributed by atoms with Gasteiger partial charge in [-0.25, -0.2) is 9.97 Å². The van der Waals surface area contributed by atoms with Crippen LogP contribution in [-0.4, -0.2) is 20.4 Å². The number of rotatable bonds is 3. The minimum absolute atomic E-state index is 0.473. The SMILES string of the molecule is Cc1ccnc2c1nc(CCCl)n2-c1cc(Cl)ccc1Cl. The minimum atomic E-state index is 0.473. The van der Waals surface area contributed by atoms with Gasteiger partial charge in [-0.05, 0) is 36.8 Å². The summed E-state index contributed by atoms with van der Waals surface area (Å²) in [4.78, 5) is 9.11. The van der Waals surface area contributed by atoms with Gasteiger partial charge in [0.15, 0.2) is 5.65 Å². The zero-order chi connectivity index (χ0) is 15.0. The van der Waals surface area contributed by atoms with Gasteiger partial charge in [-0.15, -0.1) is 11.6 Å². The number of aryl methyl sites for hydroxylation is 2. The van der Waals surface area contributed by atoms with Crippen molar-refractivity contribution in [2.45, 2.75) is 13.3 Å². The molecule has 2 heterocycles. The molecule has 3 aromatic rings. The summed E-state index contributed by atoms with van der Waals surface area (Å²) in [5, 5.41) is 1.21. The van der Waals surface area contributed by atoms with E-state index in [0.29, 0.717) is 22.3 Å². The second-order valence-electron chi connectivity index (χ2n) is 4.70. The summed E-state index contributed by atoms with van der Waals surface area (Å²) in [5.74, 6) is 1.30. The van der Waals surface area contributed by atoms with Crippen LogP contribution in [0.1, 0.15) is 11.4 Å². The standard InChI is InChI=1S/C15H12Cl3N3/c1-9-5-7-19-15-14(9)20-13(4-6-16)21(15)12-8-10(17)2-3-11(12)18/h2-3,5,7-8H,4,6H2,1H3. The number of aromatic nitrogens is 3. The molecule has 0 amide bonds. The third kappa shape index (κ3) is 2.61. The minimum Gasteiger partial charge on any atom is -0.279 e. The van der Waals surface area contributed by atoms with Crippen molar-refractivity contribution in [2.75, 3.05) is 5.88 Å². The number of hydrogen-bond acceptors (Lipinski definition) is 2. The summed E-state index contributed by atoms with van der Waals surface area (Å²) < 4.78 is 1.93. The number of fused-ring (bicyclic) bond motifs is 1. The Balaban J connectivity index is 2.36. The Kier molecular flexibility index (Phi) is 4.07. The van der Waals surface area contributed by atoms with Crippen LogP contribution in [0, 0.1) is 6.92 Å². The fourth-order valence-corrected chi connectivity index (χ4v) is 2.84. The molecule has 0 bridgehead atoms. The second kappa shape index (κ2) is 5.84. The summed E-state index contributed by atoms with van der Waals surface area (Å²) in [6.45, 7) is 2.01. The van der Waals surface area contributed by atoms with Gasteiger partial charge in [0.2, 0.25) is 0 Å². The van der Waals surface area contributed by atoms with Crippen LogP contribution in [0.25, 0.3) is 16.9 Å². The predicted molar refractivity (Wildman–Crippen MR) is 88.0 cm³/mol. The first-order valence-electron chi connectivity index (χ1n) is 6.46. The van der Waals surface area contributed by atoms with E-state index in [1.165, 1.54) is 0 Å². The van der Waals surface area contributed by atoms with Crippen molar-refractivity contribution in [2.24, 2.45) is 0 Å². The van der Waals surface area contributed by atoms with E-state index in [0.717, 1.165) is 28.2 Å². The quantitative estimate of drug-likeness (QED) is 0.640. The Bertz CT molecular complexity index is 811. The van der Waals surface area contributed by atoms with Gasteiger partial charge in [0.05, 0.1) is 10.7 Å². The van der Waals surface area contributed by atoms with Gasteiger partial charge in [0.1, 0.15) is 11.3 Å². The monoisotopic (exact) mass is 339 g/mol. The molecule has 0 radical (unpaired) electrons. The van der Waals surface area contributed by atoms with Gasteiger partial charge < -0.3 is 0 Å². The molecule has 0 fully saturated rings. The van der Waals surface area contributed by atoms with Gasteiger partial charge in [-0.3, -0.25) is 4.57 Å². The lowest BCUT2D eigenvalue weighted by atomic mass is 10.2. The summed E-state index contributed by atoms with van der Waals surface area (Å²) in [5.41, 5.74) is 3.45. The van der Waals surface area contributed by atoms with Gasteiger partial charge >= 0.3 is 0 Å². The molecule has 0 aliphatic rings. The summed E-state index contributed by atoms with van der Waals surface area (Å²) in [6, 6.07) is 7.27. The Hall–Kier alpha value is -1.29. The highest BCUT2D eigenvalue weighted by Gasteiger charge is 2.16. The van der Waals surface area contributed by atoms with Crippen LogP contribution in [-0.2, 0) is 6.42 Å². The Morgan fingerprint density at radius 1 is 1.19 bits per heavy atom. The molecule has 0 N–H and O–H groups in total. The number of hydrogen-bond donors (Lipinski definition) is 0. The summed E-state index contributed by atoms with van der Waals surface area (Å²) >= 11 is 18.3. The molecule has 0 spiro atoms. The Labute approximate surface area is 137 Å². The molecule has 0 unspecified atom stereocenters. The van der Waals surface area contributed by atoms with Crippen LogP contribution in [0.4, 0.5) is 0 Å². The highest BCUT2D eigenvalue weighted by atomic mass is 35.5. The largest absolute Gasteiger partial charge is 0.279 e. The normalized spacial score (nSPS) is 11.2. The van der Waals surface area contributed by atoms with E-state index in [1.807, 2.05) is 23.6 Å². The smallest absolute Gasteiger partial charge is 0.164 e. The molecule has 0 aliphatic carbocycles. The molecular weight excluding hydrogens is 329 g/mol. The fraction of sp³-hybridized carbons (Fsp3) is 0.200. The van der Waals surface area contributed by atoms with Crippen molar-refractivity contribution in [3.05, 3.63) is 51.9 Å². The first kappa shape index (κ1) is 14.6. The van der Waals surface area contributed by atoms with Gasteiger partial charge in [-0.1, -0.05) is 23.2 Å². The van der Waals surface area contributed by atoms with Crippen molar-refractivity contribution in [3.63, 3.8) is 0 Å². The topological polar surface area (TPSA) is 30.7 Å². The summed E-state index contributed by atoms with van der Waals surface area (Å²) in [7, 11) is 0. The van der Waals surface area contributed by atoms with Crippen molar-refractivity contribution in [1.29, 1.82) is 0 Å². The summed E-state index contributed by atoms with van der Waals surface area (Å²) in [6.07, 6.45) is 2.39. The number of pyridine rings is 1. The van der Waals surface area contributed by atoms with E-state index < -0.39 is 0 Å². The Morgan fingerprint density at radius 2 is 2.00 bits per heavy atom. The average Bonchev–Trinajstić information content (AvgIpc) is 2.82. The predicted octanol–water partition coefficient (Wildman–Crippen LogP) is 4.82. The lowest BCUT2D eigenvalue weighted by molar-refractivity contribution is 0.905. The number of alkyl halides is 1. The van der Waals surface area contributed by atoms with E-state index in [-0.39, 0.29) is 0 Å². The number of halogens is 3. The van der Waals surface area contributed by atoms with Crippen LogP contribution in [0.15, 0.2) is 30.5 Å². The maximum atomic E-state index is 6.33. The van der Waals surface area contributed by atoms with Crippen LogP contribution >= 0.6 is 34.8 Å². The van der Waals surface area contributed by atoms with Crippen LogP contribution in [0.2, 0.25) is 10.0 Å². The van der Waals surface area contributed by atoms with Crippen molar-refractivity contribution < 1.29 is 0 Å². The van der Waals surface area contributed by atoms with Crippen LogP contribution in [0.5, 0.6) is 0 Å². The maximum absolute atomic E-state index is 6.33. The van der Waals surface area contributed by atoms with Gasteiger partial charge in [0.25, 0.3) is 0 Å². The molecule has 0 saturated carbocycles. The molecule has 3 nitrogen and oxygen atoms in total.